The van der Waals surface area contributed by atoms with Crippen LogP contribution >= 0.6 is 0 Å². The predicted octanol–water partition coefficient (Wildman–Crippen LogP) is -0.279. The number of carbonyl (C=O) groups is 1. The molecule has 23 valence electrons. The maximum Gasteiger partial charge on any atom is 0 e. The molecular formula is CHFeOZr. The van der Waals surface area contributed by atoms with Gasteiger partial charge < -0.3 is 0 Å². The van der Waals surface area contributed by atoms with E-state index in [1.54, 1.807) is 0 Å². The van der Waals surface area contributed by atoms with Crippen molar-refractivity contribution in [3.8, 4) is 0 Å². The molecule has 0 amide bonds. The molecule has 0 saturated heterocycles. The number of hydrogen-bond donors (Lipinski definition) is 0. The van der Waals surface area contributed by atoms with Crippen LogP contribution in [0.4, 0.5) is 0 Å². The monoisotopic (exact) mass is 175 g/mol. The zero-order valence-electron chi connectivity index (χ0n) is 1.84. The molecule has 0 fully saturated rings. The summed E-state index contributed by atoms with van der Waals surface area (Å²) in [5, 5.41) is 0.500. The van der Waals surface area contributed by atoms with Crippen LogP contribution in [0.3, 0.4) is 0 Å². The second kappa shape index (κ2) is 8.95. The van der Waals surface area contributed by atoms with E-state index < -0.39 is 0 Å². The quantitative estimate of drug-likeness (QED) is 0.366. The molecule has 0 radical (unpaired) electrons. The van der Waals surface area contributed by atoms with Crippen molar-refractivity contribution in [1.82, 2.24) is 0 Å². The fourth-order valence-corrected chi connectivity index (χ4v) is 0. The van der Waals surface area contributed by atoms with Gasteiger partial charge in [-0.3, -0.25) is 0 Å². The molecule has 0 N–H and O–H groups in total. The molecule has 0 aromatic carbocycles. The standard InChI is InChI=1S/CHO.Fe.Zr/c1-2;;/h1H;;. The van der Waals surface area contributed by atoms with Crippen LogP contribution in [0.2, 0.25) is 0 Å². The molecule has 0 unspecified atom stereocenters. The number of carbonyl (C=O) groups excluding carboxylic acids is 1. The Balaban J connectivity index is 0. The largest absolute Gasteiger partial charge is 0 e. The summed E-state index contributed by atoms with van der Waals surface area (Å²) in [5.41, 5.74) is 0. The topological polar surface area (TPSA) is 17.1 Å². The molecule has 0 heterocycles. The van der Waals surface area contributed by atoms with Crippen molar-refractivity contribution in [3.05, 3.63) is 0 Å². The van der Waals surface area contributed by atoms with Crippen LogP contribution in [0.5, 0.6) is 0 Å². The van der Waals surface area contributed by atoms with E-state index in [9.17, 15) is 0 Å². The number of hydrogen-bond acceptors (Lipinski definition) is 1. The minimum atomic E-state index is 0. The van der Waals surface area contributed by atoms with Gasteiger partial charge in [0.25, 0.3) is 0 Å². The normalized spacial score (nSPS) is 3.25. The van der Waals surface area contributed by atoms with Crippen molar-refractivity contribution in [1.29, 1.82) is 0 Å². The molecule has 0 spiro atoms. The zero-order chi connectivity index (χ0) is 2.71. The predicted molar refractivity (Wildman–Crippen MR) is 6.75 cm³/mol. The van der Waals surface area contributed by atoms with Gasteiger partial charge in [0.2, 0.25) is 0 Å². The average molecular weight is 176 g/mol. The first-order valence-electron chi connectivity index (χ1n) is 0.440. The van der Waals surface area contributed by atoms with E-state index in [2.05, 4.69) is 16.0 Å². The SMILES string of the molecule is O=[CH][Fe].[Zr]. The summed E-state index contributed by atoms with van der Waals surface area (Å²) in [6.07, 6.45) is 0. The first kappa shape index (κ1) is 8.91. The van der Waals surface area contributed by atoms with Gasteiger partial charge in [0.1, 0.15) is 0 Å². The Bertz CT molecular complexity index is 15.5. The van der Waals surface area contributed by atoms with Crippen molar-refractivity contribution in [3.63, 3.8) is 0 Å². The Morgan fingerprint density at radius 1 is 1.75 bits per heavy atom. The van der Waals surface area contributed by atoms with E-state index in [-0.39, 0.29) is 26.2 Å². The molecule has 1 nitrogen and oxygen atoms in total. The van der Waals surface area contributed by atoms with Crippen LogP contribution in [0.25, 0.3) is 0 Å². The van der Waals surface area contributed by atoms with Gasteiger partial charge in [-0.1, -0.05) is 0 Å². The number of rotatable bonds is 0. The molecule has 0 bridgehead atoms. The minimum absolute atomic E-state index is 0. The van der Waals surface area contributed by atoms with E-state index in [1.807, 2.05) is 0 Å². The van der Waals surface area contributed by atoms with E-state index in [0.717, 1.165) is 0 Å². The van der Waals surface area contributed by atoms with Crippen LogP contribution in [0.15, 0.2) is 0 Å². The van der Waals surface area contributed by atoms with Crippen LogP contribution in [-0.2, 0) is 47.0 Å². The van der Waals surface area contributed by atoms with Gasteiger partial charge in [0.05, 0.1) is 0 Å². The maximum absolute atomic E-state index is 8.69. The Kier molecular flexibility index (Phi) is 19.9. The third kappa shape index (κ3) is 11.5. The Morgan fingerprint density at radius 2 is 1.75 bits per heavy atom. The van der Waals surface area contributed by atoms with Gasteiger partial charge in [-0.15, -0.1) is 0 Å². The molecule has 0 aliphatic carbocycles. The molecule has 0 saturated carbocycles. The van der Waals surface area contributed by atoms with Crippen molar-refractivity contribution >= 4 is 5.18 Å². The molecule has 0 atom stereocenters. The summed E-state index contributed by atoms with van der Waals surface area (Å²) < 4.78 is 0. The summed E-state index contributed by atoms with van der Waals surface area (Å²) in [5.74, 6) is 0. The molecule has 3 heteroatoms. The molecule has 0 rings (SSSR count). The van der Waals surface area contributed by atoms with Gasteiger partial charge >= 0.3 is 26.0 Å². The Hall–Kier alpha value is 1.07. The molecule has 0 aliphatic heterocycles. The van der Waals surface area contributed by atoms with Crippen molar-refractivity contribution < 1.29 is 47.0 Å². The first-order valence-corrected chi connectivity index (χ1v) is 1.08. The van der Waals surface area contributed by atoms with Gasteiger partial charge in [0.15, 0.2) is 0 Å². The van der Waals surface area contributed by atoms with Gasteiger partial charge in [-0.05, 0) is 0 Å². The summed E-state index contributed by atoms with van der Waals surface area (Å²) in [6.45, 7) is 0. The summed E-state index contributed by atoms with van der Waals surface area (Å²) >= 11 is 2.81. The van der Waals surface area contributed by atoms with Crippen LogP contribution < -0.4 is 0 Å². The van der Waals surface area contributed by atoms with Crippen LogP contribution in [0, 0.1) is 0 Å². The van der Waals surface area contributed by atoms with Crippen molar-refractivity contribution in [2.45, 2.75) is 0 Å². The van der Waals surface area contributed by atoms with Crippen LogP contribution in [-0.4, -0.2) is 5.18 Å². The summed E-state index contributed by atoms with van der Waals surface area (Å²) in [7, 11) is 0. The molecule has 0 aromatic rings. The second-order valence-electron chi connectivity index (χ2n) is 0.0833. The fourth-order valence-electron chi connectivity index (χ4n) is 0. The van der Waals surface area contributed by atoms with E-state index in [0.29, 0.717) is 5.18 Å². The summed E-state index contributed by atoms with van der Waals surface area (Å²) in [4.78, 5) is 8.69. The Morgan fingerprint density at radius 3 is 1.75 bits per heavy atom. The first-order chi connectivity index (χ1) is 1.41. The third-order valence-electron chi connectivity index (χ3n) is 0. The van der Waals surface area contributed by atoms with E-state index >= 15 is 0 Å². The average Bonchev–Trinajstić information content (AvgIpc) is 0.918. The second-order valence-corrected chi connectivity index (χ2v) is 0.344. The minimum Gasteiger partial charge on any atom is 0 e. The van der Waals surface area contributed by atoms with Crippen LogP contribution in [0.1, 0.15) is 0 Å². The Labute approximate surface area is 52.1 Å². The zero-order valence-corrected chi connectivity index (χ0v) is 5.40. The fraction of sp³-hybridized carbons (Fsp3) is 0. The van der Waals surface area contributed by atoms with Gasteiger partial charge in [-0.2, -0.15) is 0 Å². The smallest absolute Gasteiger partial charge is 0 e. The third-order valence-corrected chi connectivity index (χ3v) is 0. The maximum atomic E-state index is 8.69. The van der Waals surface area contributed by atoms with Gasteiger partial charge in [0, 0.05) is 26.2 Å². The van der Waals surface area contributed by atoms with Gasteiger partial charge in [-0.25, -0.2) is 0 Å². The molecule has 4 heavy (non-hydrogen) atoms. The van der Waals surface area contributed by atoms with Crippen molar-refractivity contribution in [2.24, 2.45) is 0 Å². The molecule has 0 aliphatic rings. The molecule has 0 aromatic heterocycles. The van der Waals surface area contributed by atoms with Crippen molar-refractivity contribution in [2.75, 3.05) is 0 Å². The van der Waals surface area contributed by atoms with E-state index in [1.165, 1.54) is 0 Å². The summed E-state index contributed by atoms with van der Waals surface area (Å²) in [6, 6.07) is 0. The molecular weight excluding hydrogens is 175 g/mol. The van der Waals surface area contributed by atoms with E-state index in [4.69, 9.17) is 4.79 Å².